The van der Waals surface area contributed by atoms with E-state index < -0.39 is 5.97 Å². The molecule has 0 aliphatic carbocycles. The number of hydrogen-bond acceptors (Lipinski definition) is 5. The van der Waals surface area contributed by atoms with Gasteiger partial charge in [-0.25, -0.2) is 4.79 Å². The van der Waals surface area contributed by atoms with Crippen LogP contribution in [0.4, 0.5) is 4.79 Å². The Labute approximate surface area is 116 Å². The standard InChI is InChI=1S/C12H20N4O4/c1-8(11(17)18)4-3-6-13-12(19)14-7-5-10-15-9(2)16-20-10/h8H,3-7H2,1-2H3,(H,17,18)(H2,13,14,19). The van der Waals surface area contributed by atoms with E-state index in [1.165, 1.54) is 0 Å². The Bertz CT molecular complexity index is 446. The number of carbonyl (C=O) groups excluding carboxylic acids is 1. The first-order valence-corrected chi connectivity index (χ1v) is 6.52. The van der Waals surface area contributed by atoms with Gasteiger partial charge < -0.3 is 20.3 Å². The summed E-state index contributed by atoms with van der Waals surface area (Å²) >= 11 is 0. The highest BCUT2D eigenvalue weighted by Crippen LogP contribution is 2.04. The maximum atomic E-state index is 11.4. The molecule has 8 nitrogen and oxygen atoms in total. The molecular formula is C12H20N4O4. The lowest BCUT2D eigenvalue weighted by Gasteiger charge is -2.08. The fourth-order valence-corrected chi connectivity index (χ4v) is 1.52. The summed E-state index contributed by atoms with van der Waals surface area (Å²) in [5.74, 6) is -0.153. The van der Waals surface area contributed by atoms with Gasteiger partial charge in [0.15, 0.2) is 5.82 Å². The minimum absolute atomic E-state index is 0.288. The van der Waals surface area contributed by atoms with Crippen molar-refractivity contribution in [1.82, 2.24) is 20.8 Å². The van der Waals surface area contributed by atoms with Crippen molar-refractivity contribution in [3.63, 3.8) is 0 Å². The average molecular weight is 284 g/mol. The summed E-state index contributed by atoms with van der Waals surface area (Å²) in [6, 6.07) is -0.288. The van der Waals surface area contributed by atoms with Crippen molar-refractivity contribution < 1.29 is 19.2 Å². The molecular weight excluding hydrogens is 264 g/mol. The Kier molecular flexibility index (Phi) is 6.48. The number of nitrogens with zero attached hydrogens (tertiary/aromatic N) is 2. The second-order valence-corrected chi connectivity index (χ2v) is 4.55. The fraction of sp³-hybridized carbons (Fsp3) is 0.667. The van der Waals surface area contributed by atoms with Gasteiger partial charge in [0.05, 0.1) is 5.92 Å². The molecule has 0 aliphatic heterocycles. The summed E-state index contributed by atoms with van der Waals surface area (Å²) in [4.78, 5) is 26.0. The average Bonchev–Trinajstić information content (AvgIpc) is 2.80. The van der Waals surface area contributed by atoms with Crippen molar-refractivity contribution in [3.05, 3.63) is 11.7 Å². The molecule has 0 saturated carbocycles. The molecule has 1 unspecified atom stereocenters. The van der Waals surface area contributed by atoms with Crippen LogP contribution in [0.1, 0.15) is 31.5 Å². The highest BCUT2D eigenvalue weighted by molar-refractivity contribution is 5.73. The zero-order valence-corrected chi connectivity index (χ0v) is 11.7. The van der Waals surface area contributed by atoms with E-state index in [1.807, 2.05) is 0 Å². The first kappa shape index (κ1) is 15.9. The maximum absolute atomic E-state index is 11.4. The third kappa shape index (κ3) is 6.17. The highest BCUT2D eigenvalue weighted by atomic mass is 16.5. The topological polar surface area (TPSA) is 117 Å². The van der Waals surface area contributed by atoms with Gasteiger partial charge in [-0.15, -0.1) is 0 Å². The van der Waals surface area contributed by atoms with Crippen molar-refractivity contribution in [2.45, 2.75) is 33.1 Å². The van der Waals surface area contributed by atoms with Gasteiger partial charge in [0.1, 0.15) is 0 Å². The summed E-state index contributed by atoms with van der Waals surface area (Å²) in [6.45, 7) is 4.22. The smallest absolute Gasteiger partial charge is 0.314 e. The van der Waals surface area contributed by atoms with E-state index in [2.05, 4.69) is 20.8 Å². The first-order valence-electron chi connectivity index (χ1n) is 6.52. The van der Waals surface area contributed by atoms with E-state index in [4.69, 9.17) is 9.63 Å². The number of amides is 2. The predicted octanol–water partition coefficient (Wildman–Crippen LogP) is 0.721. The number of urea groups is 1. The number of aryl methyl sites for hydroxylation is 1. The van der Waals surface area contributed by atoms with Crippen LogP contribution in [0, 0.1) is 12.8 Å². The summed E-state index contributed by atoms with van der Waals surface area (Å²) < 4.78 is 4.90. The van der Waals surface area contributed by atoms with Gasteiger partial charge in [0, 0.05) is 19.5 Å². The van der Waals surface area contributed by atoms with Crippen molar-refractivity contribution in [2.24, 2.45) is 5.92 Å². The van der Waals surface area contributed by atoms with Crippen LogP contribution >= 0.6 is 0 Å². The van der Waals surface area contributed by atoms with E-state index in [9.17, 15) is 9.59 Å². The minimum atomic E-state index is -0.815. The summed E-state index contributed by atoms with van der Waals surface area (Å²) in [6.07, 6.45) is 1.64. The number of carbonyl (C=O) groups is 2. The third-order valence-electron chi connectivity index (χ3n) is 2.72. The van der Waals surface area contributed by atoms with E-state index >= 15 is 0 Å². The van der Waals surface area contributed by atoms with Gasteiger partial charge in [-0.2, -0.15) is 4.98 Å². The van der Waals surface area contributed by atoms with Gasteiger partial charge in [-0.3, -0.25) is 4.79 Å². The van der Waals surface area contributed by atoms with Gasteiger partial charge in [-0.1, -0.05) is 12.1 Å². The maximum Gasteiger partial charge on any atom is 0.314 e. The Morgan fingerprint density at radius 3 is 2.65 bits per heavy atom. The molecule has 1 aromatic rings. The largest absolute Gasteiger partial charge is 0.481 e. The van der Waals surface area contributed by atoms with Crippen molar-refractivity contribution in [1.29, 1.82) is 0 Å². The second-order valence-electron chi connectivity index (χ2n) is 4.55. The first-order chi connectivity index (χ1) is 9.49. The zero-order valence-electron chi connectivity index (χ0n) is 11.7. The molecule has 8 heteroatoms. The summed E-state index contributed by atoms with van der Waals surface area (Å²) in [5, 5.41) is 17.7. The van der Waals surface area contributed by atoms with E-state index in [0.717, 1.165) is 0 Å². The van der Waals surface area contributed by atoms with Crippen LogP contribution in [0.5, 0.6) is 0 Å². The van der Waals surface area contributed by atoms with Crippen LogP contribution in [-0.4, -0.2) is 40.3 Å². The van der Waals surface area contributed by atoms with Crippen LogP contribution in [0.2, 0.25) is 0 Å². The van der Waals surface area contributed by atoms with E-state index in [-0.39, 0.29) is 11.9 Å². The Morgan fingerprint density at radius 1 is 1.35 bits per heavy atom. The molecule has 3 N–H and O–H groups in total. The monoisotopic (exact) mass is 284 g/mol. The van der Waals surface area contributed by atoms with E-state index in [0.29, 0.717) is 44.1 Å². The highest BCUT2D eigenvalue weighted by Gasteiger charge is 2.10. The molecule has 1 aromatic heterocycles. The number of aromatic nitrogens is 2. The van der Waals surface area contributed by atoms with Crippen LogP contribution in [-0.2, 0) is 11.2 Å². The Hall–Kier alpha value is -2.12. The molecule has 0 fully saturated rings. The van der Waals surface area contributed by atoms with E-state index in [1.54, 1.807) is 13.8 Å². The Morgan fingerprint density at radius 2 is 2.05 bits per heavy atom. The molecule has 0 radical (unpaired) electrons. The predicted molar refractivity (Wildman–Crippen MR) is 70.2 cm³/mol. The lowest BCUT2D eigenvalue weighted by molar-refractivity contribution is -0.141. The van der Waals surface area contributed by atoms with Gasteiger partial charge in [0.2, 0.25) is 5.89 Å². The molecule has 1 rings (SSSR count). The number of carboxylic acids is 1. The molecule has 0 aliphatic rings. The number of aliphatic carboxylic acids is 1. The molecule has 0 bridgehead atoms. The van der Waals surface area contributed by atoms with Crippen LogP contribution in [0.25, 0.3) is 0 Å². The van der Waals surface area contributed by atoms with Gasteiger partial charge in [0.25, 0.3) is 0 Å². The number of rotatable bonds is 8. The third-order valence-corrected chi connectivity index (χ3v) is 2.72. The van der Waals surface area contributed by atoms with Gasteiger partial charge in [-0.05, 0) is 19.8 Å². The van der Waals surface area contributed by atoms with Crippen LogP contribution < -0.4 is 10.6 Å². The van der Waals surface area contributed by atoms with Crippen molar-refractivity contribution in [2.75, 3.05) is 13.1 Å². The molecule has 20 heavy (non-hydrogen) atoms. The molecule has 1 heterocycles. The Balaban J connectivity index is 2.04. The van der Waals surface area contributed by atoms with Gasteiger partial charge >= 0.3 is 12.0 Å². The summed E-state index contributed by atoms with van der Waals surface area (Å²) in [7, 11) is 0. The SMILES string of the molecule is Cc1noc(CCNC(=O)NCCCC(C)C(=O)O)n1. The molecule has 0 aromatic carbocycles. The minimum Gasteiger partial charge on any atom is -0.481 e. The lowest BCUT2D eigenvalue weighted by atomic mass is 10.1. The summed E-state index contributed by atoms with van der Waals surface area (Å²) in [5.41, 5.74) is 0. The van der Waals surface area contributed by atoms with Crippen molar-refractivity contribution >= 4 is 12.0 Å². The normalized spacial score (nSPS) is 11.9. The molecule has 112 valence electrons. The molecule has 0 saturated heterocycles. The molecule has 1 atom stereocenters. The quantitative estimate of drug-likeness (QED) is 0.605. The van der Waals surface area contributed by atoms with Crippen LogP contribution in [0.15, 0.2) is 4.52 Å². The number of carboxylic acid groups (broad SMARTS) is 1. The number of nitrogens with one attached hydrogen (secondary N) is 2. The van der Waals surface area contributed by atoms with Crippen LogP contribution in [0.3, 0.4) is 0 Å². The zero-order chi connectivity index (χ0) is 15.0. The fourth-order valence-electron chi connectivity index (χ4n) is 1.52. The van der Waals surface area contributed by atoms with Crippen molar-refractivity contribution in [3.8, 4) is 0 Å². The second kappa shape index (κ2) is 8.13. The number of hydrogen-bond donors (Lipinski definition) is 3. The molecule has 0 spiro atoms. The lowest BCUT2D eigenvalue weighted by Crippen LogP contribution is -2.37. The molecule has 2 amide bonds.